The molecule has 0 saturated heterocycles. The topological polar surface area (TPSA) is 65.4 Å². The summed E-state index contributed by atoms with van der Waals surface area (Å²) in [4.78, 5) is 14.6. The lowest BCUT2D eigenvalue weighted by Gasteiger charge is -2.26. The Morgan fingerprint density at radius 3 is 2.88 bits per heavy atom. The highest BCUT2D eigenvalue weighted by atomic mass is 16.5. The van der Waals surface area contributed by atoms with E-state index >= 15 is 0 Å². The Morgan fingerprint density at radius 1 is 1.32 bits per heavy atom. The molecule has 1 aliphatic heterocycles. The van der Waals surface area contributed by atoms with E-state index in [4.69, 9.17) is 10.00 Å². The maximum atomic E-state index is 12.9. The van der Waals surface area contributed by atoms with Crippen molar-refractivity contribution in [3.05, 3.63) is 54.1 Å². The quantitative estimate of drug-likeness (QED) is 0.879. The number of benzene rings is 2. The summed E-state index contributed by atoms with van der Waals surface area (Å²) in [7, 11) is 0. The van der Waals surface area contributed by atoms with Crippen LogP contribution in [0.2, 0.25) is 0 Å². The average molecular weight is 335 g/mol. The molecule has 128 valence electrons. The van der Waals surface area contributed by atoms with Crippen LogP contribution in [0.15, 0.2) is 48.5 Å². The van der Waals surface area contributed by atoms with Gasteiger partial charge in [-0.2, -0.15) is 5.26 Å². The predicted octanol–water partition coefficient (Wildman–Crippen LogP) is 3.37. The number of carbonyl (C=O) groups excluding carboxylic acids is 1. The number of hydrogen-bond acceptors (Lipinski definition) is 4. The SMILES string of the molecule is C[C@H](Nc1ccc2c(c1)CCO2)C(=O)N(CCC#N)c1ccccc1. The predicted molar refractivity (Wildman–Crippen MR) is 97.8 cm³/mol. The molecule has 1 atom stereocenters. The molecule has 3 rings (SSSR count). The fourth-order valence-electron chi connectivity index (χ4n) is 2.96. The van der Waals surface area contributed by atoms with E-state index in [0.717, 1.165) is 29.1 Å². The van der Waals surface area contributed by atoms with Crippen LogP contribution in [0, 0.1) is 11.3 Å². The number of ether oxygens (including phenoxy) is 1. The molecule has 0 saturated carbocycles. The second-order valence-electron chi connectivity index (χ2n) is 6.02. The summed E-state index contributed by atoms with van der Waals surface area (Å²) in [5, 5.41) is 12.2. The van der Waals surface area contributed by atoms with Gasteiger partial charge in [-0.1, -0.05) is 18.2 Å². The van der Waals surface area contributed by atoms with E-state index in [-0.39, 0.29) is 5.91 Å². The first-order chi connectivity index (χ1) is 12.2. The van der Waals surface area contributed by atoms with Crippen molar-refractivity contribution in [2.75, 3.05) is 23.4 Å². The van der Waals surface area contributed by atoms with Gasteiger partial charge in [0.15, 0.2) is 0 Å². The van der Waals surface area contributed by atoms with Crippen LogP contribution in [-0.2, 0) is 11.2 Å². The van der Waals surface area contributed by atoms with Gasteiger partial charge in [-0.25, -0.2) is 0 Å². The normalized spacial score (nSPS) is 13.3. The van der Waals surface area contributed by atoms with Crippen molar-refractivity contribution in [3.63, 3.8) is 0 Å². The lowest BCUT2D eigenvalue weighted by Crippen LogP contribution is -2.42. The summed E-state index contributed by atoms with van der Waals surface area (Å²) in [6, 6.07) is 17.1. The minimum atomic E-state index is -0.403. The Bertz CT molecular complexity index is 783. The molecule has 2 aromatic carbocycles. The fourth-order valence-corrected chi connectivity index (χ4v) is 2.96. The number of nitrogens with one attached hydrogen (secondary N) is 1. The highest BCUT2D eigenvalue weighted by molar-refractivity contribution is 5.98. The third-order valence-electron chi connectivity index (χ3n) is 4.22. The Morgan fingerprint density at radius 2 is 2.12 bits per heavy atom. The van der Waals surface area contributed by atoms with E-state index in [9.17, 15) is 4.79 Å². The molecule has 0 bridgehead atoms. The summed E-state index contributed by atoms with van der Waals surface area (Å²) in [5.41, 5.74) is 2.87. The van der Waals surface area contributed by atoms with Crippen LogP contribution in [0.1, 0.15) is 18.9 Å². The van der Waals surface area contributed by atoms with E-state index in [0.29, 0.717) is 19.6 Å². The van der Waals surface area contributed by atoms with Crippen LogP contribution < -0.4 is 15.0 Å². The van der Waals surface area contributed by atoms with Gasteiger partial charge in [0.05, 0.1) is 19.1 Å². The second-order valence-corrected chi connectivity index (χ2v) is 6.02. The summed E-state index contributed by atoms with van der Waals surface area (Å²) >= 11 is 0. The van der Waals surface area contributed by atoms with E-state index in [1.54, 1.807) is 4.90 Å². The number of hydrogen-bond donors (Lipinski definition) is 1. The third-order valence-corrected chi connectivity index (χ3v) is 4.22. The minimum Gasteiger partial charge on any atom is -0.493 e. The second kappa shape index (κ2) is 7.71. The van der Waals surface area contributed by atoms with Crippen LogP contribution in [0.5, 0.6) is 5.75 Å². The molecule has 1 aliphatic rings. The molecule has 0 aliphatic carbocycles. The highest BCUT2D eigenvalue weighted by Crippen LogP contribution is 2.28. The number of carbonyl (C=O) groups is 1. The first-order valence-corrected chi connectivity index (χ1v) is 8.44. The molecule has 0 fully saturated rings. The van der Waals surface area contributed by atoms with Gasteiger partial charge >= 0.3 is 0 Å². The van der Waals surface area contributed by atoms with Gasteiger partial charge in [0.1, 0.15) is 11.8 Å². The van der Waals surface area contributed by atoms with Crippen molar-refractivity contribution < 1.29 is 9.53 Å². The Balaban J connectivity index is 1.73. The molecule has 1 N–H and O–H groups in total. The third kappa shape index (κ3) is 3.92. The fraction of sp³-hybridized carbons (Fsp3) is 0.300. The van der Waals surface area contributed by atoms with Crippen LogP contribution in [0.25, 0.3) is 0 Å². The number of nitrogens with zero attached hydrogens (tertiary/aromatic N) is 2. The number of nitriles is 1. The standard InChI is InChI=1S/C20H21N3O2/c1-15(22-17-8-9-19-16(14-17)10-13-25-19)20(24)23(12-5-11-21)18-6-3-2-4-7-18/h2-4,6-9,14-15,22H,5,10,12-13H2,1H3/t15-/m0/s1. The summed E-state index contributed by atoms with van der Waals surface area (Å²) in [5.74, 6) is 0.864. The van der Waals surface area contributed by atoms with Gasteiger partial charge in [0.2, 0.25) is 5.91 Å². The van der Waals surface area contributed by atoms with Crippen molar-refractivity contribution in [2.24, 2.45) is 0 Å². The number of anilines is 2. The van der Waals surface area contributed by atoms with Crippen molar-refractivity contribution in [2.45, 2.75) is 25.8 Å². The zero-order valence-electron chi connectivity index (χ0n) is 14.2. The Labute approximate surface area is 147 Å². The van der Waals surface area contributed by atoms with Crippen LogP contribution >= 0.6 is 0 Å². The van der Waals surface area contributed by atoms with E-state index in [2.05, 4.69) is 11.4 Å². The largest absolute Gasteiger partial charge is 0.493 e. The molecule has 0 unspecified atom stereocenters. The number of amides is 1. The first-order valence-electron chi connectivity index (χ1n) is 8.44. The van der Waals surface area contributed by atoms with Gasteiger partial charge in [0, 0.05) is 24.3 Å². The minimum absolute atomic E-state index is 0.0572. The van der Waals surface area contributed by atoms with Gasteiger partial charge in [-0.3, -0.25) is 4.79 Å². The number of fused-ring (bicyclic) bond motifs is 1. The maximum absolute atomic E-state index is 12.9. The monoisotopic (exact) mass is 335 g/mol. The zero-order valence-corrected chi connectivity index (χ0v) is 14.2. The van der Waals surface area contributed by atoms with Crippen LogP contribution in [0.4, 0.5) is 11.4 Å². The molecule has 0 radical (unpaired) electrons. The lowest BCUT2D eigenvalue weighted by atomic mass is 10.1. The van der Waals surface area contributed by atoms with Crippen molar-refractivity contribution >= 4 is 17.3 Å². The molecule has 5 nitrogen and oxygen atoms in total. The number of para-hydroxylation sites is 1. The van der Waals surface area contributed by atoms with Crippen molar-refractivity contribution in [1.82, 2.24) is 0 Å². The molecule has 1 amide bonds. The molecular formula is C20H21N3O2. The Kier molecular flexibility index (Phi) is 5.20. The maximum Gasteiger partial charge on any atom is 0.249 e. The van der Waals surface area contributed by atoms with Gasteiger partial charge < -0.3 is 15.0 Å². The smallest absolute Gasteiger partial charge is 0.249 e. The van der Waals surface area contributed by atoms with Crippen molar-refractivity contribution in [1.29, 1.82) is 5.26 Å². The molecule has 2 aromatic rings. The summed E-state index contributed by atoms with van der Waals surface area (Å²) in [6.07, 6.45) is 1.19. The summed E-state index contributed by atoms with van der Waals surface area (Å²) < 4.78 is 5.51. The summed E-state index contributed by atoms with van der Waals surface area (Å²) in [6.45, 7) is 2.93. The van der Waals surface area contributed by atoms with E-state index in [1.807, 2.05) is 55.5 Å². The molecule has 5 heteroatoms. The first kappa shape index (κ1) is 16.8. The van der Waals surface area contributed by atoms with Crippen LogP contribution in [0.3, 0.4) is 0 Å². The van der Waals surface area contributed by atoms with Crippen molar-refractivity contribution in [3.8, 4) is 11.8 Å². The number of rotatable bonds is 6. The Hall–Kier alpha value is -3.00. The van der Waals surface area contributed by atoms with E-state index in [1.165, 1.54) is 0 Å². The molecule has 25 heavy (non-hydrogen) atoms. The van der Waals surface area contributed by atoms with Gasteiger partial charge in [-0.05, 0) is 42.8 Å². The van der Waals surface area contributed by atoms with Gasteiger partial charge in [-0.15, -0.1) is 0 Å². The highest BCUT2D eigenvalue weighted by Gasteiger charge is 2.22. The van der Waals surface area contributed by atoms with E-state index < -0.39 is 6.04 Å². The molecule has 0 aromatic heterocycles. The molecule has 0 spiro atoms. The average Bonchev–Trinajstić information content (AvgIpc) is 3.10. The lowest BCUT2D eigenvalue weighted by molar-refractivity contribution is -0.119. The van der Waals surface area contributed by atoms with Gasteiger partial charge in [0.25, 0.3) is 0 Å². The van der Waals surface area contributed by atoms with Crippen LogP contribution in [-0.4, -0.2) is 25.1 Å². The zero-order chi connectivity index (χ0) is 17.6. The molecule has 1 heterocycles. The molecular weight excluding hydrogens is 314 g/mol.